The van der Waals surface area contributed by atoms with Crippen molar-refractivity contribution in [3.05, 3.63) is 71.0 Å². The first-order valence-electron chi connectivity index (χ1n) is 8.60. The maximum Gasteiger partial charge on any atom is 0.216 e. The number of halogens is 1. The molecule has 3 rings (SSSR count). The van der Waals surface area contributed by atoms with Gasteiger partial charge in [0, 0.05) is 26.2 Å². The highest BCUT2D eigenvalue weighted by Gasteiger charge is 2.12. The molecule has 7 heteroatoms. The Labute approximate surface area is 153 Å². The molecule has 1 heterocycles. The summed E-state index contributed by atoms with van der Waals surface area (Å²) in [5, 5.41) is 0. The van der Waals surface area contributed by atoms with Gasteiger partial charge in [0.25, 0.3) is 0 Å². The third-order valence-corrected chi connectivity index (χ3v) is 5.60. The second kappa shape index (κ2) is 8.73. The van der Waals surface area contributed by atoms with Crippen LogP contribution in [-0.2, 0) is 33.6 Å². The third-order valence-electron chi connectivity index (χ3n) is 4.30. The van der Waals surface area contributed by atoms with Crippen molar-refractivity contribution in [3.8, 4) is 0 Å². The van der Waals surface area contributed by atoms with Crippen molar-refractivity contribution in [2.75, 3.05) is 26.3 Å². The number of rotatable bonds is 7. The predicted molar refractivity (Wildman–Crippen MR) is 98.4 cm³/mol. The van der Waals surface area contributed by atoms with Crippen LogP contribution < -0.4 is 4.72 Å². The average Bonchev–Trinajstić information content (AvgIpc) is 2.64. The zero-order chi connectivity index (χ0) is 18.4. The summed E-state index contributed by atoms with van der Waals surface area (Å²) in [6.07, 6.45) is 0. The fourth-order valence-corrected chi connectivity index (χ4v) is 3.94. The minimum absolute atomic E-state index is 0.164. The number of hydrogen-bond donors (Lipinski definition) is 1. The fraction of sp³-hybridized carbons (Fsp3) is 0.368. The molecule has 1 aliphatic heterocycles. The first-order valence-corrected chi connectivity index (χ1v) is 10.3. The number of benzene rings is 2. The Morgan fingerprint density at radius 2 is 1.50 bits per heavy atom. The van der Waals surface area contributed by atoms with Crippen LogP contribution in [-0.4, -0.2) is 39.6 Å². The predicted octanol–water partition coefficient (Wildman–Crippen LogP) is 2.28. The molecule has 2 aromatic carbocycles. The molecule has 0 aromatic heterocycles. The van der Waals surface area contributed by atoms with Crippen molar-refractivity contribution in [2.24, 2.45) is 0 Å². The largest absolute Gasteiger partial charge is 0.379 e. The van der Waals surface area contributed by atoms with E-state index < -0.39 is 10.0 Å². The van der Waals surface area contributed by atoms with E-state index in [4.69, 9.17) is 4.74 Å². The Balaban J connectivity index is 1.51. The van der Waals surface area contributed by atoms with Crippen LogP contribution in [0.15, 0.2) is 48.5 Å². The maximum absolute atomic E-state index is 12.9. The smallest absolute Gasteiger partial charge is 0.216 e. The molecule has 1 saturated heterocycles. The SMILES string of the molecule is O=S(=O)(Cc1ccc(F)cc1)NCc1ccc(CN2CCOCC2)cc1. The van der Waals surface area contributed by atoms with E-state index in [2.05, 4.69) is 9.62 Å². The first-order chi connectivity index (χ1) is 12.5. The monoisotopic (exact) mass is 378 g/mol. The summed E-state index contributed by atoms with van der Waals surface area (Å²) in [5.74, 6) is -0.543. The van der Waals surface area contributed by atoms with Crippen LogP contribution >= 0.6 is 0 Å². The summed E-state index contributed by atoms with van der Waals surface area (Å²) in [4.78, 5) is 2.34. The molecule has 5 nitrogen and oxygen atoms in total. The lowest BCUT2D eigenvalue weighted by atomic mass is 10.1. The lowest BCUT2D eigenvalue weighted by molar-refractivity contribution is 0.0342. The van der Waals surface area contributed by atoms with Crippen molar-refractivity contribution in [1.29, 1.82) is 0 Å². The Morgan fingerprint density at radius 1 is 0.923 bits per heavy atom. The van der Waals surface area contributed by atoms with Crippen LogP contribution in [0, 0.1) is 5.82 Å². The molecule has 0 radical (unpaired) electrons. The van der Waals surface area contributed by atoms with Gasteiger partial charge in [0.05, 0.1) is 19.0 Å². The normalized spacial score (nSPS) is 15.9. The minimum Gasteiger partial charge on any atom is -0.379 e. The molecule has 2 aromatic rings. The molecule has 0 saturated carbocycles. The zero-order valence-corrected chi connectivity index (χ0v) is 15.3. The number of nitrogens with one attached hydrogen (secondary N) is 1. The average molecular weight is 378 g/mol. The molecule has 0 amide bonds. The molecule has 1 N–H and O–H groups in total. The summed E-state index contributed by atoms with van der Waals surface area (Å²) in [6, 6.07) is 13.4. The molecular weight excluding hydrogens is 355 g/mol. The van der Waals surface area contributed by atoms with Crippen LogP contribution in [0.5, 0.6) is 0 Å². The lowest BCUT2D eigenvalue weighted by Gasteiger charge is -2.26. The van der Waals surface area contributed by atoms with Crippen LogP contribution in [0.3, 0.4) is 0 Å². The summed E-state index contributed by atoms with van der Waals surface area (Å²) in [5.41, 5.74) is 2.66. The van der Waals surface area contributed by atoms with Gasteiger partial charge in [0.2, 0.25) is 10.0 Å². The third kappa shape index (κ3) is 5.88. The number of ether oxygens (including phenoxy) is 1. The highest BCUT2D eigenvalue weighted by molar-refractivity contribution is 7.88. The zero-order valence-electron chi connectivity index (χ0n) is 14.5. The Bertz CT molecular complexity index is 802. The van der Waals surface area contributed by atoms with Gasteiger partial charge in [0.15, 0.2) is 0 Å². The van der Waals surface area contributed by atoms with Gasteiger partial charge in [-0.05, 0) is 28.8 Å². The van der Waals surface area contributed by atoms with E-state index in [0.29, 0.717) is 5.56 Å². The Hall–Kier alpha value is -1.80. The molecule has 0 bridgehead atoms. The van der Waals surface area contributed by atoms with Gasteiger partial charge in [-0.1, -0.05) is 36.4 Å². The Kier molecular flexibility index (Phi) is 6.37. The van der Waals surface area contributed by atoms with E-state index in [1.54, 1.807) is 0 Å². The molecule has 1 fully saturated rings. The molecule has 0 aliphatic carbocycles. The first kappa shape index (κ1) is 19.0. The van der Waals surface area contributed by atoms with Crippen LogP contribution in [0.4, 0.5) is 4.39 Å². The van der Waals surface area contributed by atoms with Crippen molar-refractivity contribution in [2.45, 2.75) is 18.8 Å². The maximum atomic E-state index is 12.9. The van der Waals surface area contributed by atoms with E-state index in [9.17, 15) is 12.8 Å². The van der Waals surface area contributed by atoms with Gasteiger partial charge in [-0.2, -0.15) is 0 Å². The second-order valence-electron chi connectivity index (χ2n) is 6.41. The molecule has 26 heavy (non-hydrogen) atoms. The van der Waals surface area contributed by atoms with Gasteiger partial charge in [0.1, 0.15) is 5.82 Å². The van der Waals surface area contributed by atoms with E-state index in [-0.39, 0.29) is 18.1 Å². The molecule has 1 aliphatic rings. The highest BCUT2D eigenvalue weighted by Crippen LogP contribution is 2.11. The minimum atomic E-state index is -3.47. The molecule has 0 spiro atoms. The fourth-order valence-electron chi connectivity index (χ4n) is 2.82. The van der Waals surface area contributed by atoms with Gasteiger partial charge in [-0.15, -0.1) is 0 Å². The van der Waals surface area contributed by atoms with Gasteiger partial charge in [-0.3, -0.25) is 4.90 Å². The van der Waals surface area contributed by atoms with Crippen molar-refractivity contribution >= 4 is 10.0 Å². The number of morpholine rings is 1. The van der Waals surface area contributed by atoms with Crippen molar-refractivity contribution in [1.82, 2.24) is 9.62 Å². The van der Waals surface area contributed by atoms with Gasteiger partial charge < -0.3 is 4.74 Å². The molecule has 0 unspecified atom stereocenters. The highest BCUT2D eigenvalue weighted by atomic mass is 32.2. The topological polar surface area (TPSA) is 58.6 Å². The summed E-state index contributed by atoms with van der Waals surface area (Å²) in [6.45, 7) is 4.53. The van der Waals surface area contributed by atoms with Crippen LogP contribution in [0.1, 0.15) is 16.7 Å². The van der Waals surface area contributed by atoms with Crippen molar-refractivity contribution < 1.29 is 17.5 Å². The summed E-state index contributed by atoms with van der Waals surface area (Å²) >= 11 is 0. The Morgan fingerprint density at radius 3 is 2.15 bits per heavy atom. The van der Waals surface area contributed by atoms with Crippen molar-refractivity contribution in [3.63, 3.8) is 0 Å². The van der Waals surface area contributed by atoms with E-state index in [1.165, 1.54) is 29.8 Å². The lowest BCUT2D eigenvalue weighted by Crippen LogP contribution is -2.35. The second-order valence-corrected chi connectivity index (χ2v) is 8.22. The summed E-state index contributed by atoms with van der Waals surface area (Å²) in [7, 11) is -3.47. The van der Waals surface area contributed by atoms with Gasteiger partial charge in [-0.25, -0.2) is 17.5 Å². The van der Waals surface area contributed by atoms with Crippen LogP contribution in [0.25, 0.3) is 0 Å². The van der Waals surface area contributed by atoms with Gasteiger partial charge >= 0.3 is 0 Å². The number of sulfonamides is 1. The van der Waals surface area contributed by atoms with E-state index >= 15 is 0 Å². The quantitative estimate of drug-likeness (QED) is 0.803. The molecule has 140 valence electrons. The molecular formula is C19H23FN2O3S. The molecule has 0 atom stereocenters. The van der Waals surface area contributed by atoms with E-state index in [1.807, 2.05) is 24.3 Å². The standard InChI is InChI=1S/C19H23FN2O3S/c20-19-7-5-18(6-8-19)15-26(23,24)21-13-16-1-3-17(4-2-16)14-22-9-11-25-12-10-22/h1-8,21H,9-15H2. The van der Waals surface area contributed by atoms with Crippen LogP contribution in [0.2, 0.25) is 0 Å². The number of hydrogen-bond acceptors (Lipinski definition) is 4. The summed E-state index contributed by atoms with van der Waals surface area (Å²) < 4.78 is 45.2. The van der Waals surface area contributed by atoms with E-state index in [0.717, 1.165) is 38.4 Å². The number of nitrogens with zero attached hydrogens (tertiary/aromatic N) is 1.